The number of amides is 1. The van der Waals surface area contributed by atoms with E-state index in [1.807, 2.05) is 7.05 Å². The number of aromatic nitrogens is 3. The first-order chi connectivity index (χ1) is 19.9. The van der Waals surface area contributed by atoms with E-state index in [1.54, 1.807) is 16.7 Å². The Morgan fingerprint density at radius 3 is 2.62 bits per heavy atom. The van der Waals surface area contributed by atoms with E-state index < -0.39 is 40.3 Å². The van der Waals surface area contributed by atoms with E-state index >= 15 is 0 Å². The molecule has 224 valence electrons. The van der Waals surface area contributed by atoms with Gasteiger partial charge in [0.05, 0.1) is 11.1 Å². The Labute approximate surface area is 239 Å². The Morgan fingerprint density at radius 1 is 1.24 bits per heavy atom. The fourth-order valence-corrected chi connectivity index (χ4v) is 5.62. The number of anilines is 2. The van der Waals surface area contributed by atoms with E-state index in [4.69, 9.17) is 10.5 Å². The number of piperazine rings is 1. The molecule has 2 aliphatic heterocycles. The minimum atomic E-state index is -5.04. The van der Waals surface area contributed by atoms with Crippen LogP contribution in [0.5, 0.6) is 6.01 Å². The Balaban J connectivity index is 1.72. The summed E-state index contributed by atoms with van der Waals surface area (Å²) >= 11 is 0. The first-order valence-electron chi connectivity index (χ1n) is 13.5. The van der Waals surface area contributed by atoms with Gasteiger partial charge in [0.2, 0.25) is 5.91 Å². The summed E-state index contributed by atoms with van der Waals surface area (Å²) in [6.45, 7) is 7.07. The normalized spacial score (nSPS) is 19.9. The van der Waals surface area contributed by atoms with E-state index in [-0.39, 0.29) is 61.2 Å². The summed E-state index contributed by atoms with van der Waals surface area (Å²) in [5.41, 5.74) is 1.09. The number of carbonyl (C=O) groups excluding carboxylic acids is 1. The molecule has 4 heterocycles. The summed E-state index contributed by atoms with van der Waals surface area (Å²) < 4.78 is 65.1. The molecule has 2 N–H and O–H groups in total. The number of halogens is 4. The van der Waals surface area contributed by atoms with E-state index in [9.17, 15) is 27.2 Å². The van der Waals surface area contributed by atoms with Crippen molar-refractivity contribution >= 4 is 22.9 Å². The Hall–Kier alpha value is -4.20. The number of hydrogen-bond donors (Lipinski definition) is 1. The van der Waals surface area contributed by atoms with Crippen molar-refractivity contribution in [3.05, 3.63) is 58.7 Å². The molecule has 42 heavy (non-hydrogen) atoms. The molecule has 0 spiro atoms. The van der Waals surface area contributed by atoms with Crippen molar-refractivity contribution in [2.75, 3.05) is 50.5 Å². The van der Waals surface area contributed by atoms with E-state index in [1.165, 1.54) is 18.2 Å². The maximum absolute atomic E-state index is 14.9. The summed E-state index contributed by atoms with van der Waals surface area (Å²) in [7, 11) is 1.95. The molecular weight excluding hydrogens is 558 g/mol. The van der Waals surface area contributed by atoms with E-state index in [2.05, 4.69) is 21.6 Å². The molecule has 2 aliphatic rings. The second-order valence-electron chi connectivity index (χ2n) is 10.6. The predicted octanol–water partition coefficient (Wildman–Crippen LogP) is 3.19. The number of pyridine rings is 1. The van der Waals surface area contributed by atoms with Gasteiger partial charge < -0.3 is 25.2 Å². The molecule has 2 fully saturated rings. The van der Waals surface area contributed by atoms with Crippen LogP contribution in [0.25, 0.3) is 16.6 Å². The van der Waals surface area contributed by atoms with Gasteiger partial charge in [-0.05, 0) is 57.6 Å². The molecule has 1 aromatic carbocycles. The summed E-state index contributed by atoms with van der Waals surface area (Å²) in [4.78, 5) is 35.9. The largest absolute Gasteiger partial charge is 0.461 e. The Bertz CT molecular complexity index is 1570. The zero-order chi connectivity index (χ0) is 30.3. The van der Waals surface area contributed by atoms with Gasteiger partial charge in [0.25, 0.3) is 5.56 Å². The van der Waals surface area contributed by atoms with Crippen LogP contribution in [0, 0.1) is 5.82 Å². The van der Waals surface area contributed by atoms with Crippen LogP contribution in [0.15, 0.2) is 41.7 Å². The third-order valence-electron chi connectivity index (χ3n) is 7.86. The summed E-state index contributed by atoms with van der Waals surface area (Å²) in [5, 5.41) is 4.18. The zero-order valence-electron chi connectivity index (χ0n) is 23.2. The van der Waals surface area contributed by atoms with Crippen LogP contribution in [0.4, 0.5) is 29.1 Å². The summed E-state index contributed by atoms with van der Waals surface area (Å²) in [6, 6.07) is 3.58. The molecule has 0 aliphatic carbocycles. The number of likely N-dealkylation sites (tertiary alicyclic amines) is 1. The van der Waals surface area contributed by atoms with Crippen LogP contribution in [-0.4, -0.2) is 82.2 Å². The number of ether oxygens (including phenoxy) is 1. The minimum absolute atomic E-state index is 0.0219. The van der Waals surface area contributed by atoms with Crippen molar-refractivity contribution in [3.8, 4) is 17.1 Å². The third-order valence-corrected chi connectivity index (χ3v) is 7.86. The monoisotopic (exact) mass is 589 g/mol. The van der Waals surface area contributed by atoms with Gasteiger partial charge in [-0.15, -0.1) is 5.10 Å². The van der Waals surface area contributed by atoms with Crippen LogP contribution in [-0.2, 0) is 11.0 Å². The van der Waals surface area contributed by atoms with Gasteiger partial charge in [-0.2, -0.15) is 22.7 Å². The number of alkyl halides is 3. The van der Waals surface area contributed by atoms with Crippen molar-refractivity contribution in [1.82, 2.24) is 24.4 Å². The molecule has 3 aromatic rings. The highest BCUT2D eigenvalue weighted by Crippen LogP contribution is 2.40. The Morgan fingerprint density at radius 2 is 2.00 bits per heavy atom. The highest BCUT2D eigenvalue weighted by molar-refractivity contribution is 5.87. The fourth-order valence-electron chi connectivity index (χ4n) is 5.62. The summed E-state index contributed by atoms with van der Waals surface area (Å²) in [5.74, 6) is -1.33. The SMILES string of the molecule is C=CC(=O)N1CCN(c2nc(OC[C@@H]3CCCN3C)nn3c(=O)c(-c4c(N)cccc4F)c(C(F)(F)F)cc23)[C@@H](C)C1. The van der Waals surface area contributed by atoms with Crippen LogP contribution in [0.2, 0.25) is 0 Å². The molecule has 0 saturated carbocycles. The molecule has 5 rings (SSSR count). The zero-order valence-corrected chi connectivity index (χ0v) is 23.2. The quantitative estimate of drug-likeness (QED) is 0.265. The lowest BCUT2D eigenvalue weighted by atomic mass is 9.98. The molecule has 0 unspecified atom stereocenters. The first kappa shape index (κ1) is 29.3. The number of nitrogens with zero attached hydrogens (tertiary/aromatic N) is 6. The smallest absolute Gasteiger partial charge is 0.417 e. The maximum Gasteiger partial charge on any atom is 0.417 e. The molecular formula is C28H31F4N7O3. The van der Waals surface area contributed by atoms with Crippen molar-refractivity contribution in [2.45, 2.75) is 38.0 Å². The maximum atomic E-state index is 14.9. The van der Waals surface area contributed by atoms with Crippen molar-refractivity contribution in [3.63, 3.8) is 0 Å². The van der Waals surface area contributed by atoms with Gasteiger partial charge in [-0.3, -0.25) is 9.59 Å². The first-order valence-corrected chi connectivity index (χ1v) is 13.5. The number of benzene rings is 1. The van der Waals surface area contributed by atoms with Crippen LogP contribution < -0.4 is 20.9 Å². The van der Waals surface area contributed by atoms with Gasteiger partial charge in [0.15, 0.2) is 5.82 Å². The third kappa shape index (κ3) is 5.38. The second kappa shape index (κ2) is 11.2. The van der Waals surface area contributed by atoms with Gasteiger partial charge in [-0.1, -0.05) is 12.6 Å². The number of carbonyl (C=O) groups is 1. The van der Waals surface area contributed by atoms with Crippen molar-refractivity contribution in [2.24, 2.45) is 0 Å². The lowest BCUT2D eigenvalue weighted by Gasteiger charge is -2.40. The average Bonchev–Trinajstić information content (AvgIpc) is 3.35. The molecule has 10 nitrogen and oxygen atoms in total. The van der Waals surface area contributed by atoms with Gasteiger partial charge in [0, 0.05) is 43.0 Å². The van der Waals surface area contributed by atoms with Crippen molar-refractivity contribution < 1.29 is 27.1 Å². The average molecular weight is 590 g/mol. The van der Waals surface area contributed by atoms with E-state index in [0.29, 0.717) is 0 Å². The second-order valence-corrected chi connectivity index (χ2v) is 10.6. The molecule has 0 radical (unpaired) electrons. The number of hydrogen-bond acceptors (Lipinski definition) is 8. The van der Waals surface area contributed by atoms with Gasteiger partial charge >= 0.3 is 12.2 Å². The standard InChI is InChI=1S/C28H31F4N7O3/c1-4-22(40)37-11-12-38(16(2)14-37)25-21-13-18(28(30,31)32)23(24-19(29)8-5-9-20(24)33)26(41)39(21)35-27(34-25)42-15-17-7-6-10-36(17)3/h4-5,8-9,13,16-17H,1,6-7,10-12,14-15,33H2,2-3H3/t16-,17-/m0/s1. The van der Waals surface area contributed by atoms with Gasteiger partial charge in [0.1, 0.15) is 17.9 Å². The molecule has 2 saturated heterocycles. The number of rotatable bonds is 6. The van der Waals surface area contributed by atoms with E-state index in [0.717, 1.165) is 36.0 Å². The highest BCUT2D eigenvalue weighted by atomic mass is 19.4. The Kier molecular flexibility index (Phi) is 7.84. The number of nitrogens with two attached hydrogens (primary N) is 1. The lowest BCUT2D eigenvalue weighted by Crippen LogP contribution is -2.54. The topological polar surface area (TPSA) is 109 Å². The number of fused-ring (bicyclic) bond motifs is 1. The summed E-state index contributed by atoms with van der Waals surface area (Å²) in [6.07, 6.45) is -2.00. The van der Waals surface area contributed by atoms with Crippen molar-refractivity contribution in [1.29, 1.82) is 0 Å². The molecule has 1 amide bonds. The van der Waals surface area contributed by atoms with Crippen LogP contribution >= 0.6 is 0 Å². The predicted molar refractivity (Wildman–Crippen MR) is 149 cm³/mol. The van der Waals surface area contributed by atoms with Gasteiger partial charge in [-0.25, -0.2) is 4.39 Å². The van der Waals surface area contributed by atoms with Crippen LogP contribution in [0.3, 0.4) is 0 Å². The molecule has 0 bridgehead atoms. The number of likely N-dealkylation sites (N-methyl/N-ethyl adjacent to an activating group) is 1. The molecule has 14 heteroatoms. The highest BCUT2D eigenvalue weighted by Gasteiger charge is 2.39. The molecule has 2 aromatic heterocycles. The number of nitrogen functional groups attached to an aromatic ring is 1. The minimum Gasteiger partial charge on any atom is -0.461 e. The van der Waals surface area contributed by atoms with Crippen LogP contribution in [0.1, 0.15) is 25.3 Å². The molecule has 2 atom stereocenters. The fraction of sp³-hybridized carbons (Fsp3) is 0.429. The lowest BCUT2D eigenvalue weighted by molar-refractivity contribution is -0.137.